The monoisotopic (exact) mass is 253 g/mol. The number of rotatable bonds is 9. The van der Waals surface area contributed by atoms with Crippen molar-refractivity contribution in [2.24, 2.45) is 5.92 Å². The summed E-state index contributed by atoms with van der Waals surface area (Å²) in [6.45, 7) is 4.60. The maximum Gasteiger partial charge on any atom is 0.00957 e. The summed E-state index contributed by atoms with van der Waals surface area (Å²) in [7, 11) is 2.12. The molecule has 0 bridgehead atoms. The van der Waals surface area contributed by atoms with Gasteiger partial charge in [0.2, 0.25) is 0 Å². The van der Waals surface area contributed by atoms with Crippen molar-refractivity contribution in [2.75, 3.05) is 7.05 Å². The zero-order chi connectivity index (χ0) is 12.5. The molecule has 0 saturated heterocycles. The third kappa shape index (κ3) is 5.22. The largest absolute Gasteiger partial charge is 0.317 e. The summed E-state index contributed by atoms with van der Waals surface area (Å²) in [5, 5.41) is 5.72. The smallest absolute Gasteiger partial charge is 0.00957 e. The van der Waals surface area contributed by atoms with Crippen LogP contribution in [0.25, 0.3) is 0 Å². The molecule has 0 aromatic carbocycles. The molecule has 1 rings (SSSR count). The molecule has 1 N–H and O–H groups in total. The van der Waals surface area contributed by atoms with Crippen LogP contribution in [0.4, 0.5) is 0 Å². The highest BCUT2D eigenvalue weighted by molar-refractivity contribution is 7.09. The van der Waals surface area contributed by atoms with E-state index in [2.05, 4.69) is 43.7 Å². The van der Waals surface area contributed by atoms with Crippen molar-refractivity contribution in [3.05, 3.63) is 22.4 Å². The molecule has 0 saturated carbocycles. The first-order valence-corrected chi connectivity index (χ1v) is 7.89. The van der Waals surface area contributed by atoms with Crippen molar-refractivity contribution >= 4 is 11.3 Å². The molecule has 0 aliphatic carbocycles. The van der Waals surface area contributed by atoms with Gasteiger partial charge < -0.3 is 5.32 Å². The summed E-state index contributed by atoms with van der Waals surface area (Å²) in [6.07, 6.45) is 7.85. The summed E-state index contributed by atoms with van der Waals surface area (Å²) in [4.78, 5) is 1.52. The highest BCUT2D eigenvalue weighted by Gasteiger charge is 2.18. The van der Waals surface area contributed by atoms with E-state index in [-0.39, 0.29) is 0 Å². The van der Waals surface area contributed by atoms with Crippen molar-refractivity contribution in [1.82, 2.24) is 5.32 Å². The van der Waals surface area contributed by atoms with E-state index < -0.39 is 0 Å². The maximum absolute atomic E-state index is 3.54. The van der Waals surface area contributed by atoms with Gasteiger partial charge in [-0.15, -0.1) is 11.3 Å². The Morgan fingerprint density at radius 1 is 1.18 bits per heavy atom. The van der Waals surface area contributed by atoms with E-state index in [4.69, 9.17) is 0 Å². The molecule has 1 atom stereocenters. The Balaban J connectivity index is 2.43. The molecule has 0 amide bonds. The Kier molecular flexibility index (Phi) is 7.54. The van der Waals surface area contributed by atoms with Gasteiger partial charge in [-0.2, -0.15) is 0 Å². The first-order valence-electron chi connectivity index (χ1n) is 7.01. The third-order valence-corrected chi connectivity index (χ3v) is 4.48. The molecular weight excluding hydrogens is 226 g/mol. The lowest BCUT2D eigenvalue weighted by molar-refractivity contribution is 0.311. The SMILES string of the molecule is CCCC(CCC)C(CCc1cccs1)NC. The molecule has 0 fully saturated rings. The summed E-state index contributed by atoms with van der Waals surface area (Å²) < 4.78 is 0. The van der Waals surface area contributed by atoms with Gasteiger partial charge in [-0.25, -0.2) is 0 Å². The van der Waals surface area contributed by atoms with Crippen LogP contribution in [0.15, 0.2) is 17.5 Å². The summed E-state index contributed by atoms with van der Waals surface area (Å²) >= 11 is 1.89. The van der Waals surface area contributed by atoms with E-state index in [1.165, 1.54) is 43.4 Å². The second-order valence-electron chi connectivity index (χ2n) is 4.85. The van der Waals surface area contributed by atoms with Gasteiger partial charge in [0.15, 0.2) is 0 Å². The van der Waals surface area contributed by atoms with Crippen molar-refractivity contribution in [2.45, 2.75) is 58.4 Å². The fourth-order valence-electron chi connectivity index (χ4n) is 2.66. The minimum atomic E-state index is 0.692. The number of hydrogen-bond acceptors (Lipinski definition) is 2. The second kappa shape index (κ2) is 8.71. The van der Waals surface area contributed by atoms with Gasteiger partial charge in [0.1, 0.15) is 0 Å². The van der Waals surface area contributed by atoms with Gasteiger partial charge in [0.05, 0.1) is 0 Å². The maximum atomic E-state index is 3.54. The molecule has 0 spiro atoms. The van der Waals surface area contributed by atoms with E-state index >= 15 is 0 Å². The van der Waals surface area contributed by atoms with Crippen molar-refractivity contribution in [1.29, 1.82) is 0 Å². The molecule has 17 heavy (non-hydrogen) atoms. The first kappa shape index (κ1) is 14.7. The molecule has 2 heteroatoms. The minimum absolute atomic E-state index is 0.692. The van der Waals surface area contributed by atoms with Crippen LogP contribution in [0, 0.1) is 5.92 Å². The first-order chi connectivity index (χ1) is 8.31. The number of hydrogen-bond donors (Lipinski definition) is 1. The zero-order valence-electron chi connectivity index (χ0n) is 11.5. The van der Waals surface area contributed by atoms with Gasteiger partial charge in [-0.3, -0.25) is 0 Å². The Morgan fingerprint density at radius 3 is 2.35 bits per heavy atom. The third-order valence-electron chi connectivity index (χ3n) is 3.54. The van der Waals surface area contributed by atoms with Gasteiger partial charge in [0, 0.05) is 10.9 Å². The molecular formula is C15H27NS. The van der Waals surface area contributed by atoms with Gasteiger partial charge in [-0.05, 0) is 50.1 Å². The van der Waals surface area contributed by atoms with Crippen LogP contribution >= 0.6 is 11.3 Å². The molecule has 0 aliphatic heterocycles. The molecule has 1 unspecified atom stereocenters. The molecule has 0 radical (unpaired) electrons. The van der Waals surface area contributed by atoms with Crippen molar-refractivity contribution in [3.63, 3.8) is 0 Å². The second-order valence-corrected chi connectivity index (χ2v) is 5.88. The van der Waals surface area contributed by atoms with Crippen LogP contribution in [0.1, 0.15) is 50.8 Å². The average molecular weight is 253 g/mol. The number of thiophene rings is 1. The van der Waals surface area contributed by atoms with Gasteiger partial charge in [-0.1, -0.05) is 32.8 Å². The lowest BCUT2D eigenvalue weighted by atomic mass is 9.88. The Morgan fingerprint density at radius 2 is 1.88 bits per heavy atom. The van der Waals surface area contributed by atoms with Crippen molar-refractivity contribution in [3.8, 4) is 0 Å². The molecule has 0 aliphatic rings. The Bertz CT molecular complexity index is 262. The fraction of sp³-hybridized carbons (Fsp3) is 0.733. The topological polar surface area (TPSA) is 12.0 Å². The van der Waals surface area contributed by atoms with E-state index in [1.54, 1.807) is 0 Å². The molecule has 98 valence electrons. The average Bonchev–Trinajstić information content (AvgIpc) is 2.83. The number of aryl methyl sites for hydroxylation is 1. The van der Waals surface area contributed by atoms with E-state index in [0.29, 0.717) is 6.04 Å². The summed E-state index contributed by atoms with van der Waals surface area (Å²) in [5.74, 6) is 0.856. The van der Waals surface area contributed by atoms with E-state index in [0.717, 1.165) is 5.92 Å². The predicted molar refractivity (Wildman–Crippen MR) is 78.8 cm³/mol. The Labute approximate surface area is 111 Å². The van der Waals surface area contributed by atoms with Crippen LogP contribution in [0.2, 0.25) is 0 Å². The van der Waals surface area contributed by atoms with Gasteiger partial charge >= 0.3 is 0 Å². The van der Waals surface area contributed by atoms with Crippen LogP contribution in [-0.2, 0) is 6.42 Å². The fourth-order valence-corrected chi connectivity index (χ4v) is 3.38. The quantitative estimate of drug-likeness (QED) is 0.684. The molecule has 1 heterocycles. The van der Waals surface area contributed by atoms with Crippen LogP contribution in [0.5, 0.6) is 0 Å². The highest BCUT2D eigenvalue weighted by Crippen LogP contribution is 2.22. The standard InChI is InChI=1S/C15H27NS/c1-4-7-13(8-5-2)15(16-3)11-10-14-9-6-12-17-14/h6,9,12-13,15-16H,4-5,7-8,10-11H2,1-3H3. The number of nitrogens with one attached hydrogen (secondary N) is 1. The van der Waals surface area contributed by atoms with Crippen molar-refractivity contribution < 1.29 is 0 Å². The minimum Gasteiger partial charge on any atom is -0.317 e. The lowest BCUT2D eigenvalue weighted by Gasteiger charge is -2.26. The predicted octanol–water partition coefficient (Wildman–Crippen LogP) is 4.49. The summed E-state index contributed by atoms with van der Waals surface area (Å²) in [6, 6.07) is 5.10. The zero-order valence-corrected chi connectivity index (χ0v) is 12.4. The van der Waals surface area contributed by atoms with E-state index in [9.17, 15) is 0 Å². The summed E-state index contributed by atoms with van der Waals surface area (Å²) in [5.41, 5.74) is 0. The van der Waals surface area contributed by atoms with Crippen LogP contribution in [0.3, 0.4) is 0 Å². The lowest BCUT2D eigenvalue weighted by Crippen LogP contribution is -2.34. The normalized spacial score (nSPS) is 13.2. The molecule has 1 aromatic rings. The Hall–Kier alpha value is -0.340. The van der Waals surface area contributed by atoms with Crippen LogP contribution < -0.4 is 5.32 Å². The van der Waals surface area contributed by atoms with Crippen LogP contribution in [-0.4, -0.2) is 13.1 Å². The van der Waals surface area contributed by atoms with E-state index in [1.807, 2.05) is 11.3 Å². The van der Waals surface area contributed by atoms with Gasteiger partial charge in [0.25, 0.3) is 0 Å². The molecule has 1 nitrogen and oxygen atoms in total. The molecule has 1 aromatic heterocycles. The highest BCUT2D eigenvalue weighted by atomic mass is 32.1.